The SMILES string of the molecule is CN(CCC(=O)N1CCN(Cc2ccco2)CC1)C1CCS(=O)(=O)C1. The quantitative estimate of drug-likeness (QED) is 0.724. The van der Waals surface area contributed by atoms with Gasteiger partial charge < -0.3 is 14.2 Å². The molecule has 0 radical (unpaired) electrons. The van der Waals surface area contributed by atoms with Crippen LogP contribution >= 0.6 is 0 Å². The lowest BCUT2D eigenvalue weighted by molar-refractivity contribution is -0.133. The molecule has 3 heterocycles. The highest BCUT2D eigenvalue weighted by molar-refractivity contribution is 7.91. The van der Waals surface area contributed by atoms with Gasteiger partial charge >= 0.3 is 0 Å². The first-order chi connectivity index (χ1) is 11.9. The Kier molecular flexibility index (Phi) is 5.81. The minimum Gasteiger partial charge on any atom is -0.468 e. The lowest BCUT2D eigenvalue weighted by Gasteiger charge is -2.34. The Hall–Kier alpha value is -1.38. The van der Waals surface area contributed by atoms with Crippen LogP contribution in [0.2, 0.25) is 0 Å². The number of carbonyl (C=O) groups excluding carboxylic acids is 1. The third-order valence-electron chi connectivity index (χ3n) is 5.19. The number of furan rings is 1. The lowest BCUT2D eigenvalue weighted by atomic mass is 10.2. The second-order valence-electron chi connectivity index (χ2n) is 7.02. The highest BCUT2D eigenvalue weighted by Gasteiger charge is 2.31. The summed E-state index contributed by atoms with van der Waals surface area (Å²) in [5, 5.41) is 0. The largest absolute Gasteiger partial charge is 0.468 e. The number of hydrogen-bond acceptors (Lipinski definition) is 6. The van der Waals surface area contributed by atoms with E-state index in [2.05, 4.69) is 4.90 Å². The van der Waals surface area contributed by atoms with Gasteiger partial charge in [0.25, 0.3) is 0 Å². The van der Waals surface area contributed by atoms with Crippen LogP contribution in [0.25, 0.3) is 0 Å². The Labute approximate surface area is 149 Å². The van der Waals surface area contributed by atoms with Crippen LogP contribution in [0.1, 0.15) is 18.6 Å². The average Bonchev–Trinajstić information content (AvgIpc) is 3.22. The number of hydrogen-bond donors (Lipinski definition) is 0. The van der Waals surface area contributed by atoms with Crippen molar-refractivity contribution in [2.75, 3.05) is 51.3 Å². The zero-order valence-corrected chi connectivity index (χ0v) is 15.6. The van der Waals surface area contributed by atoms with Crippen LogP contribution in [0.15, 0.2) is 22.8 Å². The summed E-state index contributed by atoms with van der Waals surface area (Å²) >= 11 is 0. The summed E-state index contributed by atoms with van der Waals surface area (Å²) in [6, 6.07) is 3.92. The van der Waals surface area contributed by atoms with Crippen molar-refractivity contribution in [1.82, 2.24) is 14.7 Å². The molecule has 1 atom stereocenters. The molecular weight excluding hydrogens is 342 g/mol. The predicted molar refractivity (Wildman–Crippen MR) is 94.9 cm³/mol. The lowest BCUT2D eigenvalue weighted by Crippen LogP contribution is -2.49. The van der Waals surface area contributed by atoms with Gasteiger partial charge in [0.2, 0.25) is 5.91 Å². The Bertz CT molecular complexity index is 666. The molecule has 1 amide bonds. The van der Waals surface area contributed by atoms with Gasteiger partial charge in [-0.05, 0) is 25.6 Å². The summed E-state index contributed by atoms with van der Waals surface area (Å²) in [7, 11) is -0.961. The van der Waals surface area contributed by atoms with Crippen LogP contribution in [0.3, 0.4) is 0 Å². The van der Waals surface area contributed by atoms with Crippen LogP contribution in [0.4, 0.5) is 0 Å². The zero-order chi connectivity index (χ0) is 17.9. The van der Waals surface area contributed by atoms with E-state index in [0.29, 0.717) is 19.4 Å². The predicted octanol–water partition coefficient (Wildman–Crippen LogP) is 0.433. The Morgan fingerprint density at radius 3 is 2.68 bits per heavy atom. The highest BCUT2D eigenvalue weighted by Crippen LogP contribution is 2.17. The Morgan fingerprint density at radius 2 is 2.08 bits per heavy atom. The van der Waals surface area contributed by atoms with Crippen molar-refractivity contribution >= 4 is 15.7 Å². The summed E-state index contributed by atoms with van der Waals surface area (Å²) < 4.78 is 28.5. The molecule has 0 saturated carbocycles. The van der Waals surface area contributed by atoms with Crippen molar-refractivity contribution in [3.8, 4) is 0 Å². The number of sulfone groups is 1. The van der Waals surface area contributed by atoms with E-state index in [1.807, 2.05) is 29.0 Å². The molecule has 0 spiro atoms. The maximum atomic E-state index is 12.4. The molecule has 0 N–H and O–H groups in total. The van der Waals surface area contributed by atoms with Crippen LogP contribution in [0.5, 0.6) is 0 Å². The van der Waals surface area contributed by atoms with Gasteiger partial charge in [-0.3, -0.25) is 9.69 Å². The van der Waals surface area contributed by atoms with Crippen LogP contribution in [0, 0.1) is 0 Å². The van der Waals surface area contributed by atoms with Gasteiger partial charge in [0.1, 0.15) is 5.76 Å². The van der Waals surface area contributed by atoms with Crippen LogP contribution in [-0.2, 0) is 21.2 Å². The van der Waals surface area contributed by atoms with Crippen molar-refractivity contribution in [2.24, 2.45) is 0 Å². The van der Waals surface area contributed by atoms with Crippen LogP contribution in [-0.4, -0.2) is 86.3 Å². The molecule has 1 aromatic rings. The van der Waals surface area contributed by atoms with E-state index < -0.39 is 9.84 Å². The molecule has 0 aromatic carbocycles. The first-order valence-electron chi connectivity index (χ1n) is 8.86. The van der Waals surface area contributed by atoms with E-state index in [1.54, 1.807) is 6.26 Å². The van der Waals surface area contributed by atoms with Gasteiger partial charge in [-0.2, -0.15) is 0 Å². The molecule has 1 unspecified atom stereocenters. The summed E-state index contributed by atoms with van der Waals surface area (Å²) in [5.41, 5.74) is 0. The number of rotatable bonds is 6. The Morgan fingerprint density at radius 1 is 1.32 bits per heavy atom. The number of nitrogens with zero attached hydrogens (tertiary/aromatic N) is 3. The zero-order valence-electron chi connectivity index (χ0n) is 14.8. The van der Waals surface area contributed by atoms with E-state index >= 15 is 0 Å². The molecule has 1 aromatic heterocycles. The monoisotopic (exact) mass is 369 g/mol. The van der Waals surface area contributed by atoms with Gasteiger partial charge in [0.05, 0.1) is 24.3 Å². The third kappa shape index (κ3) is 5.05. The van der Waals surface area contributed by atoms with Crippen molar-refractivity contribution in [3.63, 3.8) is 0 Å². The normalized spacial score (nSPS) is 24.1. The van der Waals surface area contributed by atoms with E-state index in [9.17, 15) is 13.2 Å². The Balaban J connectivity index is 1.38. The number of piperazine rings is 1. The minimum atomic E-state index is -2.88. The molecule has 0 aliphatic carbocycles. The smallest absolute Gasteiger partial charge is 0.223 e. The number of amides is 1. The van der Waals surface area contributed by atoms with E-state index in [4.69, 9.17) is 4.42 Å². The fourth-order valence-electron chi connectivity index (χ4n) is 3.51. The summed E-state index contributed by atoms with van der Waals surface area (Å²) in [6.07, 6.45) is 2.81. The maximum absolute atomic E-state index is 12.4. The number of carbonyl (C=O) groups is 1. The van der Waals surface area contributed by atoms with Crippen molar-refractivity contribution < 1.29 is 17.6 Å². The van der Waals surface area contributed by atoms with Crippen molar-refractivity contribution in [1.29, 1.82) is 0 Å². The molecule has 2 aliphatic heterocycles. The van der Waals surface area contributed by atoms with Crippen LogP contribution < -0.4 is 0 Å². The fourth-order valence-corrected chi connectivity index (χ4v) is 5.32. The first-order valence-corrected chi connectivity index (χ1v) is 10.7. The molecule has 0 bridgehead atoms. The molecule has 8 heteroatoms. The molecule has 2 fully saturated rings. The second kappa shape index (κ2) is 7.88. The maximum Gasteiger partial charge on any atom is 0.223 e. The van der Waals surface area contributed by atoms with E-state index in [0.717, 1.165) is 38.5 Å². The molecule has 7 nitrogen and oxygen atoms in total. The van der Waals surface area contributed by atoms with Crippen molar-refractivity contribution in [3.05, 3.63) is 24.2 Å². The standard InChI is InChI=1S/C17H27N3O4S/c1-18(15-5-12-25(22,23)14-15)6-4-17(21)20-9-7-19(8-10-20)13-16-3-2-11-24-16/h2-3,11,15H,4-10,12-14H2,1H3. The summed E-state index contributed by atoms with van der Waals surface area (Å²) in [6.45, 7) is 4.58. The van der Waals surface area contributed by atoms with Gasteiger partial charge in [0, 0.05) is 45.2 Å². The molecule has 2 saturated heterocycles. The van der Waals surface area contributed by atoms with Crippen molar-refractivity contribution in [2.45, 2.75) is 25.4 Å². The van der Waals surface area contributed by atoms with E-state index in [-0.39, 0.29) is 23.5 Å². The third-order valence-corrected chi connectivity index (χ3v) is 6.95. The second-order valence-corrected chi connectivity index (χ2v) is 9.25. The molecule has 2 aliphatic rings. The van der Waals surface area contributed by atoms with Gasteiger partial charge in [-0.1, -0.05) is 0 Å². The molecule has 140 valence electrons. The fraction of sp³-hybridized carbons (Fsp3) is 0.706. The van der Waals surface area contributed by atoms with Gasteiger partial charge in [0.15, 0.2) is 9.84 Å². The highest BCUT2D eigenvalue weighted by atomic mass is 32.2. The van der Waals surface area contributed by atoms with Gasteiger partial charge in [-0.25, -0.2) is 8.42 Å². The first kappa shape index (κ1) is 18.4. The molecule has 25 heavy (non-hydrogen) atoms. The van der Waals surface area contributed by atoms with E-state index in [1.165, 1.54) is 0 Å². The summed E-state index contributed by atoms with van der Waals surface area (Å²) in [4.78, 5) is 18.6. The minimum absolute atomic E-state index is 0.0583. The average molecular weight is 369 g/mol. The summed E-state index contributed by atoms with van der Waals surface area (Å²) in [5.74, 6) is 1.61. The topological polar surface area (TPSA) is 74.1 Å². The molecular formula is C17H27N3O4S. The van der Waals surface area contributed by atoms with Gasteiger partial charge in [-0.15, -0.1) is 0 Å². The molecule has 3 rings (SSSR count).